The van der Waals surface area contributed by atoms with E-state index in [4.69, 9.17) is 4.74 Å². The van der Waals surface area contributed by atoms with Crippen LogP contribution in [0.25, 0.3) is 10.9 Å². The van der Waals surface area contributed by atoms with Gasteiger partial charge in [0, 0.05) is 23.8 Å². The van der Waals surface area contributed by atoms with Crippen LogP contribution in [0.1, 0.15) is 31.9 Å². The second-order valence-corrected chi connectivity index (χ2v) is 10.8. The fraction of sp³-hybridized carbons (Fsp3) is 0.269. The van der Waals surface area contributed by atoms with Crippen LogP contribution < -0.4 is 10.1 Å². The molecule has 2 aromatic heterocycles. The lowest BCUT2D eigenvalue weighted by Gasteiger charge is -2.18. The summed E-state index contributed by atoms with van der Waals surface area (Å²) in [7, 11) is -1.46. The molecule has 0 saturated heterocycles. The van der Waals surface area contributed by atoms with E-state index in [9.17, 15) is 9.00 Å². The molecular weight excluding hydrogens is 448 g/mol. The largest absolute Gasteiger partial charge is 0.456 e. The monoisotopic (exact) mass is 477 g/mol. The zero-order valence-electron chi connectivity index (χ0n) is 20.0. The zero-order chi connectivity index (χ0) is 24.5. The summed E-state index contributed by atoms with van der Waals surface area (Å²) in [5.41, 5.74) is 3.10. The summed E-state index contributed by atoms with van der Waals surface area (Å²) in [6.07, 6.45) is 7.11. The van der Waals surface area contributed by atoms with Crippen molar-refractivity contribution in [3.8, 4) is 11.5 Å². The van der Waals surface area contributed by atoms with Crippen LogP contribution in [0.3, 0.4) is 0 Å². The molecule has 0 radical (unpaired) electrons. The summed E-state index contributed by atoms with van der Waals surface area (Å²) in [4.78, 5) is 17.7. The van der Waals surface area contributed by atoms with E-state index in [1.54, 1.807) is 24.7 Å². The van der Waals surface area contributed by atoms with Gasteiger partial charge < -0.3 is 10.1 Å². The topological polar surface area (TPSA) is 86.1 Å². The van der Waals surface area contributed by atoms with Gasteiger partial charge in [-0.05, 0) is 63.1 Å². The number of amides is 1. The SMILES string of the molecule is Cc1cc(CC(=O)Nc2cnn(C(C)(C)C)c2)ccc1Oc1ccnc2ccc([SH+](C)=O)cc12. The fourth-order valence-electron chi connectivity index (χ4n) is 3.59. The minimum absolute atomic E-state index is 0.108. The van der Waals surface area contributed by atoms with Crippen molar-refractivity contribution in [3.05, 3.63) is 72.2 Å². The highest BCUT2D eigenvalue weighted by Crippen LogP contribution is 2.32. The van der Waals surface area contributed by atoms with Gasteiger partial charge in [-0.25, -0.2) is 0 Å². The third-order valence-corrected chi connectivity index (χ3v) is 6.43. The van der Waals surface area contributed by atoms with E-state index in [1.165, 1.54) is 0 Å². The van der Waals surface area contributed by atoms with Crippen LogP contribution in [-0.2, 0) is 31.8 Å². The van der Waals surface area contributed by atoms with Crippen LogP contribution in [0.15, 0.2) is 66.0 Å². The predicted octanol–water partition coefficient (Wildman–Crippen LogP) is 5.15. The van der Waals surface area contributed by atoms with Gasteiger partial charge in [-0.3, -0.25) is 14.5 Å². The highest BCUT2D eigenvalue weighted by Gasteiger charge is 2.15. The van der Waals surface area contributed by atoms with Crippen molar-refractivity contribution in [2.75, 3.05) is 11.6 Å². The van der Waals surface area contributed by atoms with Gasteiger partial charge in [0.25, 0.3) is 0 Å². The number of ether oxygens (including phenoxy) is 1. The highest BCUT2D eigenvalue weighted by molar-refractivity contribution is 7.84. The van der Waals surface area contributed by atoms with Crippen molar-refractivity contribution < 1.29 is 13.7 Å². The molecule has 0 spiro atoms. The Labute approximate surface area is 201 Å². The number of nitrogens with one attached hydrogen (secondary N) is 1. The third kappa shape index (κ3) is 5.34. The van der Waals surface area contributed by atoms with E-state index in [0.717, 1.165) is 26.9 Å². The van der Waals surface area contributed by atoms with Crippen molar-refractivity contribution in [1.82, 2.24) is 14.8 Å². The first kappa shape index (κ1) is 23.6. The molecule has 1 amide bonds. The number of hydrogen-bond donors (Lipinski definition) is 1. The molecule has 176 valence electrons. The first-order chi connectivity index (χ1) is 16.1. The number of nitrogens with zero attached hydrogens (tertiary/aromatic N) is 3. The molecule has 0 aliphatic carbocycles. The molecule has 7 nitrogen and oxygen atoms in total. The van der Waals surface area contributed by atoms with Crippen LogP contribution in [0.4, 0.5) is 5.69 Å². The third-order valence-electron chi connectivity index (χ3n) is 5.43. The molecule has 1 atom stereocenters. The van der Waals surface area contributed by atoms with Crippen molar-refractivity contribution >= 4 is 33.3 Å². The number of aromatic nitrogens is 3. The van der Waals surface area contributed by atoms with Crippen molar-refractivity contribution in [2.45, 2.75) is 44.6 Å². The van der Waals surface area contributed by atoms with Crippen LogP contribution >= 0.6 is 0 Å². The maximum atomic E-state index is 12.6. The molecule has 0 aliphatic rings. The molecule has 34 heavy (non-hydrogen) atoms. The molecule has 1 N–H and O–H groups in total. The van der Waals surface area contributed by atoms with Gasteiger partial charge in [-0.2, -0.15) is 5.10 Å². The normalized spacial score (nSPS) is 12.5. The summed E-state index contributed by atoms with van der Waals surface area (Å²) in [5, 5.41) is 8.03. The maximum Gasteiger partial charge on any atom is 0.228 e. The van der Waals surface area contributed by atoms with Crippen molar-refractivity contribution in [2.24, 2.45) is 0 Å². The molecule has 0 bridgehead atoms. The zero-order valence-corrected chi connectivity index (χ0v) is 20.9. The number of carbonyl (C=O) groups excluding carboxylic acids is 1. The van der Waals surface area contributed by atoms with Crippen LogP contribution in [0.2, 0.25) is 0 Å². The van der Waals surface area contributed by atoms with E-state index in [2.05, 4.69) is 36.2 Å². The lowest BCUT2D eigenvalue weighted by Crippen LogP contribution is -2.22. The Morgan fingerprint density at radius 1 is 1.12 bits per heavy atom. The van der Waals surface area contributed by atoms with Crippen molar-refractivity contribution in [1.29, 1.82) is 0 Å². The smallest absolute Gasteiger partial charge is 0.228 e. The van der Waals surface area contributed by atoms with E-state index >= 15 is 0 Å². The van der Waals surface area contributed by atoms with Crippen molar-refractivity contribution in [3.63, 3.8) is 0 Å². The number of pyridine rings is 1. The molecule has 0 fully saturated rings. The highest BCUT2D eigenvalue weighted by atomic mass is 32.2. The first-order valence-electron chi connectivity index (χ1n) is 11.0. The summed E-state index contributed by atoms with van der Waals surface area (Å²) < 4.78 is 20.0. The number of thiol groups is 1. The number of anilines is 1. The summed E-state index contributed by atoms with van der Waals surface area (Å²) in [6.45, 7) is 8.10. The average Bonchev–Trinajstić information content (AvgIpc) is 3.24. The molecule has 2 heterocycles. The van der Waals surface area contributed by atoms with Crippen LogP contribution in [-0.4, -0.2) is 26.9 Å². The second-order valence-electron chi connectivity index (χ2n) is 9.28. The molecule has 4 aromatic rings. The summed E-state index contributed by atoms with van der Waals surface area (Å²) in [6, 6.07) is 13.1. The predicted molar refractivity (Wildman–Crippen MR) is 136 cm³/mol. The van der Waals surface area contributed by atoms with E-state index < -0.39 is 10.8 Å². The molecule has 4 rings (SSSR count). The summed E-state index contributed by atoms with van der Waals surface area (Å²) in [5.74, 6) is 1.23. The van der Waals surface area contributed by atoms with Gasteiger partial charge in [0.05, 0.1) is 29.4 Å². The standard InChI is InChI=1S/C26H28N4O3S/c1-17-12-18(13-25(31)29-19-15-28-30(16-19)26(2,3)4)6-9-23(17)33-24-10-11-27-22-8-7-20(34(5)32)14-21(22)24/h6-12,14-16H,13H2,1-5H3,(H,29,31)/p+1. The summed E-state index contributed by atoms with van der Waals surface area (Å²) >= 11 is 0. The van der Waals surface area contributed by atoms with E-state index in [1.807, 2.05) is 54.2 Å². The van der Waals surface area contributed by atoms with E-state index in [0.29, 0.717) is 17.2 Å². The van der Waals surface area contributed by atoms with Crippen LogP contribution in [0.5, 0.6) is 11.5 Å². The Balaban J connectivity index is 1.48. The molecule has 2 aromatic carbocycles. The minimum atomic E-state index is -1.46. The Morgan fingerprint density at radius 3 is 2.59 bits per heavy atom. The number of hydrogen-bond acceptors (Lipinski definition) is 5. The maximum absolute atomic E-state index is 12.6. The Hall–Kier alpha value is -3.52. The van der Waals surface area contributed by atoms with E-state index in [-0.39, 0.29) is 17.9 Å². The average molecular weight is 478 g/mol. The number of aryl methyl sites for hydroxylation is 1. The number of carbonyl (C=O) groups is 1. The Bertz CT molecular complexity index is 1390. The Morgan fingerprint density at radius 2 is 1.91 bits per heavy atom. The van der Waals surface area contributed by atoms with Crippen LogP contribution in [0, 0.1) is 6.92 Å². The quantitative estimate of drug-likeness (QED) is 0.306. The lowest BCUT2D eigenvalue weighted by molar-refractivity contribution is -0.115. The van der Waals surface area contributed by atoms with Gasteiger partial charge in [0.1, 0.15) is 28.6 Å². The molecule has 8 heteroatoms. The van der Waals surface area contributed by atoms with Gasteiger partial charge >= 0.3 is 0 Å². The van der Waals surface area contributed by atoms with Gasteiger partial charge in [0.15, 0.2) is 4.90 Å². The van der Waals surface area contributed by atoms with Gasteiger partial charge in [0.2, 0.25) is 5.91 Å². The molecule has 0 saturated carbocycles. The van der Waals surface area contributed by atoms with Gasteiger partial charge in [-0.15, -0.1) is 4.21 Å². The number of fused-ring (bicyclic) bond motifs is 1. The second kappa shape index (κ2) is 9.38. The molecule has 1 unspecified atom stereocenters. The lowest BCUT2D eigenvalue weighted by atomic mass is 10.1. The number of benzene rings is 2. The fourth-order valence-corrected chi connectivity index (χ4v) is 4.19. The number of rotatable bonds is 6. The van der Waals surface area contributed by atoms with Gasteiger partial charge in [-0.1, -0.05) is 12.1 Å². The molecular formula is C26H29N4O3S+. The Kier molecular flexibility index (Phi) is 6.52. The molecule has 0 aliphatic heterocycles. The first-order valence-corrected chi connectivity index (χ1v) is 12.7. The minimum Gasteiger partial charge on any atom is -0.456 e.